The summed E-state index contributed by atoms with van der Waals surface area (Å²) in [5.41, 5.74) is 0. The first-order chi connectivity index (χ1) is 32.0. The Morgan fingerprint density at radius 2 is 0.323 bits per heavy atom. The van der Waals surface area contributed by atoms with Gasteiger partial charge in [-0.1, -0.05) is 391 Å². The Morgan fingerprint density at radius 1 is 0.200 bits per heavy atom. The fourth-order valence-corrected chi connectivity index (χ4v) is 7.46. The zero-order chi connectivity index (χ0) is 49.5. The molecule has 398 valence electrons. The molecule has 0 aliphatic heterocycles. The van der Waals surface area contributed by atoms with Crippen molar-refractivity contribution in [1.29, 1.82) is 0 Å². The van der Waals surface area contributed by atoms with Crippen molar-refractivity contribution in [1.82, 2.24) is 9.97 Å². The van der Waals surface area contributed by atoms with Gasteiger partial charge >= 0.3 is 0 Å². The maximum atomic E-state index is 3.67. The Hall–Kier alpha value is -0.790. The molecular formula is C63H136N2. The van der Waals surface area contributed by atoms with Crippen molar-refractivity contribution in [3.05, 3.63) is 18.7 Å². The van der Waals surface area contributed by atoms with Gasteiger partial charge in [0.25, 0.3) is 0 Å². The van der Waals surface area contributed by atoms with E-state index in [1.807, 2.05) is 0 Å². The lowest BCUT2D eigenvalue weighted by Gasteiger charge is -1.97. The second-order valence-corrected chi connectivity index (χ2v) is 19.5. The minimum absolute atomic E-state index is 1.37. The summed E-state index contributed by atoms with van der Waals surface area (Å²) in [5, 5.41) is 0. The molecule has 0 spiro atoms. The van der Waals surface area contributed by atoms with Crippen LogP contribution >= 0.6 is 0 Å². The van der Waals surface area contributed by atoms with Gasteiger partial charge in [0.1, 0.15) is 0 Å². The van der Waals surface area contributed by atoms with Gasteiger partial charge in [0.15, 0.2) is 0 Å². The van der Waals surface area contributed by atoms with Crippen molar-refractivity contribution in [2.24, 2.45) is 0 Å². The number of aromatic nitrogens is 2. The van der Waals surface area contributed by atoms with Gasteiger partial charge in [-0.25, -0.2) is 4.98 Å². The van der Waals surface area contributed by atoms with E-state index < -0.39 is 0 Å². The number of hydrogen-bond donors (Lipinski definition) is 1. The molecule has 2 nitrogen and oxygen atoms in total. The number of imidazole rings is 1. The zero-order valence-electron chi connectivity index (χ0n) is 48.6. The fraction of sp³-hybridized carbons (Fsp3) is 0.952. The van der Waals surface area contributed by atoms with Crippen molar-refractivity contribution in [3.63, 3.8) is 0 Å². The van der Waals surface area contributed by atoms with Gasteiger partial charge in [-0.15, -0.1) is 0 Å². The molecule has 65 heavy (non-hydrogen) atoms. The van der Waals surface area contributed by atoms with E-state index in [0.29, 0.717) is 0 Å². The standard InChI is InChI=1S/6C10H22.C3H4N2/c6*1-3-5-7-9-10-8-6-4-2;1-2-5-3-4-1/h6*3-10H2,1-2H3;1-3H,(H,4,5). The molecular weight excluding hydrogens is 785 g/mol. The quantitative estimate of drug-likeness (QED) is 0.0651. The highest BCUT2D eigenvalue weighted by atomic mass is 14.8. The Labute approximate surface area is 418 Å². The van der Waals surface area contributed by atoms with E-state index >= 15 is 0 Å². The maximum Gasteiger partial charge on any atom is 0.0919 e. The van der Waals surface area contributed by atoms with Gasteiger partial charge in [-0.2, -0.15) is 0 Å². The molecule has 0 aromatic carbocycles. The van der Waals surface area contributed by atoms with Crippen LogP contribution in [0.3, 0.4) is 0 Å². The van der Waals surface area contributed by atoms with Crippen LogP contribution in [0.4, 0.5) is 0 Å². The number of aromatic amines is 1. The predicted molar refractivity (Wildman–Crippen MR) is 308 cm³/mol. The summed E-state index contributed by atoms with van der Waals surface area (Å²) in [4.78, 5) is 6.42. The van der Waals surface area contributed by atoms with Gasteiger partial charge in [-0.05, 0) is 0 Å². The van der Waals surface area contributed by atoms with Crippen molar-refractivity contribution in [3.8, 4) is 0 Å². The molecule has 0 fully saturated rings. The van der Waals surface area contributed by atoms with Gasteiger partial charge in [0.05, 0.1) is 6.33 Å². The zero-order valence-corrected chi connectivity index (χ0v) is 48.6. The van der Waals surface area contributed by atoms with E-state index in [0.717, 1.165) is 0 Å². The molecule has 0 saturated carbocycles. The summed E-state index contributed by atoms with van der Waals surface area (Å²) in [5.74, 6) is 0. The highest BCUT2D eigenvalue weighted by Gasteiger charge is 1.92. The lowest BCUT2D eigenvalue weighted by Crippen LogP contribution is -1.77. The molecule has 0 saturated heterocycles. The minimum Gasteiger partial charge on any atom is -0.351 e. The van der Waals surface area contributed by atoms with Crippen LogP contribution in [0.15, 0.2) is 18.7 Å². The van der Waals surface area contributed by atoms with Crippen LogP contribution in [0.2, 0.25) is 0 Å². The molecule has 0 atom stereocenters. The molecule has 1 aromatic rings. The molecule has 0 unspecified atom stereocenters. The largest absolute Gasteiger partial charge is 0.351 e. The van der Waals surface area contributed by atoms with Crippen molar-refractivity contribution >= 4 is 0 Å². The normalized spacial score (nSPS) is 10.0. The number of nitrogens with one attached hydrogen (secondary N) is 1. The first kappa shape index (κ1) is 75.7. The van der Waals surface area contributed by atoms with Crippen LogP contribution in [0, 0.1) is 0 Å². The second-order valence-electron chi connectivity index (χ2n) is 19.5. The van der Waals surface area contributed by atoms with Crippen molar-refractivity contribution in [2.45, 2.75) is 391 Å². The number of unbranched alkanes of at least 4 members (excludes halogenated alkanes) is 42. The number of nitrogens with zero attached hydrogens (tertiary/aromatic N) is 1. The molecule has 0 aliphatic carbocycles. The van der Waals surface area contributed by atoms with Crippen LogP contribution in [0.1, 0.15) is 391 Å². The Morgan fingerprint density at radius 3 is 0.385 bits per heavy atom. The molecule has 2 heteroatoms. The third kappa shape index (κ3) is 111. The molecule has 0 aliphatic rings. The summed E-state index contributed by atoms with van der Waals surface area (Å²) < 4.78 is 0. The Balaban J connectivity index is -0.000000157. The van der Waals surface area contributed by atoms with E-state index in [1.165, 1.54) is 308 Å². The second kappa shape index (κ2) is 89.7. The van der Waals surface area contributed by atoms with Crippen LogP contribution < -0.4 is 0 Å². The van der Waals surface area contributed by atoms with E-state index in [4.69, 9.17) is 0 Å². The van der Waals surface area contributed by atoms with Crippen LogP contribution in [0.25, 0.3) is 0 Å². The lowest BCUT2D eigenvalue weighted by molar-refractivity contribution is 0.585. The topological polar surface area (TPSA) is 28.7 Å². The summed E-state index contributed by atoms with van der Waals surface area (Å²) in [6.45, 7) is 27.2. The van der Waals surface area contributed by atoms with Gasteiger partial charge < -0.3 is 4.98 Å². The predicted octanol–water partition coefficient (Wildman–Crippen LogP) is 25.3. The van der Waals surface area contributed by atoms with E-state index in [2.05, 4.69) is 93.1 Å². The molecule has 1 N–H and O–H groups in total. The number of rotatable bonds is 42. The van der Waals surface area contributed by atoms with E-state index in [9.17, 15) is 0 Å². The smallest absolute Gasteiger partial charge is 0.0919 e. The maximum absolute atomic E-state index is 3.67. The Bertz CT molecular complexity index is 525. The molecule has 1 aromatic heterocycles. The third-order valence-corrected chi connectivity index (χ3v) is 12.1. The number of hydrogen-bond acceptors (Lipinski definition) is 1. The molecule has 1 rings (SSSR count). The first-order valence-electron chi connectivity index (χ1n) is 30.9. The van der Waals surface area contributed by atoms with Crippen LogP contribution in [0.5, 0.6) is 0 Å². The van der Waals surface area contributed by atoms with Gasteiger partial charge in [-0.3, -0.25) is 0 Å². The molecule has 0 amide bonds. The van der Waals surface area contributed by atoms with Crippen molar-refractivity contribution in [2.75, 3.05) is 0 Å². The van der Waals surface area contributed by atoms with E-state index in [-0.39, 0.29) is 0 Å². The molecule has 0 bridgehead atoms. The van der Waals surface area contributed by atoms with Gasteiger partial charge in [0.2, 0.25) is 0 Å². The third-order valence-electron chi connectivity index (χ3n) is 12.1. The number of H-pyrrole nitrogens is 1. The monoisotopic (exact) mass is 921 g/mol. The summed E-state index contributed by atoms with van der Waals surface area (Å²) in [6.07, 6.45) is 73.8. The van der Waals surface area contributed by atoms with E-state index in [1.54, 1.807) is 18.7 Å². The Kier molecular flexibility index (Phi) is 105. The summed E-state index contributed by atoms with van der Waals surface area (Å²) in [6, 6.07) is 0. The fourth-order valence-electron chi connectivity index (χ4n) is 7.46. The van der Waals surface area contributed by atoms with Crippen LogP contribution in [-0.4, -0.2) is 9.97 Å². The average Bonchev–Trinajstić information content (AvgIpc) is 3.93. The first-order valence-corrected chi connectivity index (χ1v) is 30.9. The highest BCUT2D eigenvalue weighted by Crippen LogP contribution is 2.11. The molecule has 1 heterocycles. The highest BCUT2D eigenvalue weighted by molar-refractivity contribution is 4.64. The van der Waals surface area contributed by atoms with Crippen LogP contribution in [-0.2, 0) is 0 Å². The summed E-state index contributed by atoms with van der Waals surface area (Å²) >= 11 is 0. The summed E-state index contributed by atoms with van der Waals surface area (Å²) in [7, 11) is 0. The average molecular weight is 922 g/mol. The lowest BCUT2D eigenvalue weighted by atomic mass is 10.1. The minimum atomic E-state index is 1.37. The van der Waals surface area contributed by atoms with Crippen molar-refractivity contribution < 1.29 is 0 Å². The van der Waals surface area contributed by atoms with Gasteiger partial charge in [0, 0.05) is 12.4 Å². The SMILES string of the molecule is CCCCCCCCCC.CCCCCCCCCC.CCCCCCCCCC.CCCCCCCCCC.CCCCCCCCCC.CCCCCCCCCC.c1c[nH]cn1. The molecule has 0 radical (unpaired) electrons.